The molecule has 0 spiro atoms. The van der Waals surface area contributed by atoms with E-state index in [0.29, 0.717) is 34.2 Å². The molecule has 0 amide bonds. The van der Waals surface area contributed by atoms with Crippen LogP contribution in [0.5, 0.6) is 0 Å². The zero-order valence-corrected chi connectivity index (χ0v) is 38.7. The maximum absolute atomic E-state index is 10.8. The van der Waals surface area contributed by atoms with Gasteiger partial charge in [-0.25, -0.2) is 15.0 Å². The highest BCUT2D eigenvalue weighted by atomic mass is 15.0. The summed E-state index contributed by atoms with van der Waals surface area (Å²) in [6.07, 6.45) is 0. The maximum Gasteiger partial charge on any atom is 0.164 e. The van der Waals surface area contributed by atoms with Gasteiger partial charge in [-0.3, -0.25) is 0 Å². The molecule has 0 atom stereocenters. The highest BCUT2D eigenvalue weighted by Crippen LogP contribution is 2.46. The molecule has 0 aliphatic heterocycles. The molecule has 2 aromatic heterocycles. The van der Waals surface area contributed by atoms with Crippen LogP contribution in [0.3, 0.4) is 0 Å². The molecule has 69 heavy (non-hydrogen) atoms. The minimum atomic E-state index is 0.457. The van der Waals surface area contributed by atoms with Crippen LogP contribution >= 0.6 is 0 Å². The summed E-state index contributed by atoms with van der Waals surface area (Å²) in [6, 6.07) is 71.4. The Morgan fingerprint density at radius 1 is 0.333 bits per heavy atom. The lowest BCUT2D eigenvalue weighted by Crippen LogP contribution is -2.05. The second kappa shape index (κ2) is 17.5. The smallest absolute Gasteiger partial charge is 0.164 e. The number of nitrogens with zero attached hydrogens (tertiary/aromatic N) is 6. The highest BCUT2D eigenvalue weighted by Gasteiger charge is 2.26. The number of rotatable bonds is 8. The van der Waals surface area contributed by atoms with Gasteiger partial charge in [0.15, 0.2) is 17.5 Å². The van der Waals surface area contributed by atoms with Crippen LogP contribution < -0.4 is 0 Å². The summed E-state index contributed by atoms with van der Waals surface area (Å²) in [5.74, 6) is 1.52. The van der Waals surface area contributed by atoms with Crippen molar-refractivity contribution in [3.8, 4) is 96.5 Å². The monoisotopic (exact) mass is 884 g/mol. The standard InChI is InChI=1S/C63H44N6/c1-39-27-40(2)30-49(29-39)45-23-25-58-54(33-45)55-34-46(50-31-41(3)28-42(4)32-50)24-26-59(55)69(58)60-56(52-21-13-11-19-47(52)37-64)35-51(36-57(60)53-22-14-12-20-48(53)38-65)63-67-61(43-15-7-5-8-16-43)66-62(68-63)44-17-9-6-10-18-44/h5-36H,1-4H3. The Bertz CT molecular complexity index is 3620. The summed E-state index contributed by atoms with van der Waals surface area (Å²) in [7, 11) is 0. The normalized spacial score (nSPS) is 11.2. The van der Waals surface area contributed by atoms with Crippen LogP contribution in [0, 0.1) is 50.4 Å². The SMILES string of the molecule is Cc1cc(C)cc(-c2ccc3c(c2)c2cc(-c4cc(C)cc(C)c4)ccc2n3-c2c(-c3ccccc3C#N)cc(-c3nc(-c4ccccc4)nc(-c4ccccc4)n3)cc2-c2ccccc2C#N)c1. The summed E-state index contributed by atoms with van der Waals surface area (Å²) in [5, 5.41) is 23.8. The van der Waals surface area contributed by atoms with Crippen molar-refractivity contribution in [3.05, 3.63) is 228 Å². The number of benzene rings is 9. The fourth-order valence-electron chi connectivity index (χ4n) is 9.89. The molecule has 0 aliphatic carbocycles. The van der Waals surface area contributed by atoms with E-state index in [4.69, 9.17) is 15.0 Å². The first-order valence-corrected chi connectivity index (χ1v) is 23.0. The van der Waals surface area contributed by atoms with Gasteiger partial charge in [0.25, 0.3) is 0 Å². The lowest BCUT2D eigenvalue weighted by molar-refractivity contribution is 1.07. The zero-order valence-electron chi connectivity index (χ0n) is 38.7. The molecule has 0 unspecified atom stereocenters. The van der Waals surface area contributed by atoms with Gasteiger partial charge in [0.2, 0.25) is 0 Å². The van der Waals surface area contributed by atoms with Crippen LogP contribution in [0.2, 0.25) is 0 Å². The van der Waals surface area contributed by atoms with E-state index in [1.165, 1.54) is 22.3 Å². The molecule has 0 aliphatic rings. The van der Waals surface area contributed by atoms with Crippen LogP contribution in [0.15, 0.2) is 194 Å². The van der Waals surface area contributed by atoms with E-state index in [1.54, 1.807) is 0 Å². The van der Waals surface area contributed by atoms with E-state index in [9.17, 15) is 10.5 Å². The zero-order chi connectivity index (χ0) is 47.2. The molecular formula is C63H44N6. The van der Waals surface area contributed by atoms with Gasteiger partial charge >= 0.3 is 0 Å². The van der Waals surface area contributed by atoms with E-state index in [0.717, 1.165) is 83.1 Å². The van der Waals surface area contributed by atoms with Crippen molar-refractivity contribution in [1.82, 2.24) is 19.5 Å². The quantitative estimate of drug-likeness (QED) is 0.152. The molecule has 2 heterocycles. The first-order chi connectivity index (χ1) is 33.7. The minimum Gasteiger partial charge on any atom is -0.308 e. The van der Waals surface area contributed by atoms with Crippen molar-refractivity contribution in [2.75, 3.05) is 0 Å². The molecule has 11 aromatic rings. The number of aryl methyl sites for hydroxylation is 4. The van der Waals surface area contributed by atoms with E-state index in [1.807, 2.05) is 109 Å². The third-order valence-corrected chi connectivity index (χ3v) is 12.8. The van der Waals surface area contributed by atoms with E-state index in [-0.39, 0.29) is 0 Å². The van der Waals surface area contributed by atoms with E-state index < -0.39 is 0 Å². The van der Waals surface area contributed by atoms with Crippen LogP contribution in [0.1, 0.15) is 33.4 Å². The first-order valence-electron chi connectivity index (χ1n) is 23.0. The Hall–Kier alpha value is -9.23. The fourth-order valence-corrected chi connectivity index (χ4v) is 9.89. The fraction of sp³-hybridized carbons (Fsp3) is 0.0635. The Kier molecular flexibility index (Phi) is 10.8. The molecule has 11 rings (SSSR count). The van der Waals surface area contributed by atoms with Crippen LogP contribution in [-0.2, 0) is 0 Å². The van der Waals surface area contributed by atoms with E-state index >= 15 is 0 Å². The average Bonchev–Trinajstić information content (AvgIpc) is 3.70. The van der Waals surface area contributed by atoms with Crippen molar-refractivity contribution in [1.29, 1.82) is 10.5 Å². The molecule has 326 valence electrons. The van der Waals surface area contributed by atoms with Gasteiger partial charge in [-0.1, -0.05) is 168 Å². The van der Waals surface area contributed by atoms with Crippen molar-refractivity contribution >= 4 is 21.8 Å². The van der Waals surface area contributed by atoms with Crippen molar-refractivity contribution in [3.63, 3.8) is 0 Å². The van der Waals surface area contributed by atoms with Gasteiger partial charge in [0.1, 0.15) is 0 Å². The van der Waals surface area contributed by atoms with Crippen LogP contribution in [0.25, 0.3) is 106 Å². The van der Waals surface area contributed by atoms with Gasteiger partial charge in [-0.2, -0.15) is 10.5 Å². The summed E-state index contributed by atoms with van der Waals surface area (Å²) >= 11 is 0. The molecule has 0 radical (unpaired) electrons. The molecular weight excluding hydrogens is 841 g/mol. The van der Waals surface area contributed by atoms with Gasteiger partial charge in [0, 0.05) is 49.7 Å². The lowest BCUT2D eigenvalue weighted by Gasteiger charge is -2.22. The van der Waals surface area contributed by atoms with E-state index in [2.05, 4.69) is 129 Å². The van der Waals surface area contributed by atoms with Crippen LogP contribution in [0.4, 0.5) is 0 Å². The molecule has 6 heteroatoms. The Balaban J connectivity index is 1.29. The first kappa shape index (κ1) is 42.4. The van der Waals surface area contributed by atoms with Gasteiger partial charge < -0.3 is 4.57 Å². The number of aromatic nitrogens is 4. The van der Waals surface area contributed by atoms with Crippen LogP contribution in [-0.4, -0.2) is 19.5 Å². The minimum absolute atomic E-state index is 0.457. The second-order valence-corrected chi connectivity index (χ2v) is 17.8. The summed E-state index contributed by atoms with van der Waals surface area (Å²) < 4.78 is 2.33. The van der Waals surface area contributed by atoms with Crippen molar-refractivity contribution < 1.29 is 0 Å². The largest absolute Gasteiger partial charge is 0.308 e. The number of fused-ring (bicyclic) bond motifs is 3. The predicted molar refractivity (Wildman–Crippen MR) is 281 cm³/mol. The predicted octanol–water partition coefficient (Wildman–Crippen LogP) is 15.6. The summed E-state index contributed by atoms with van der Waals surface area (Å²) in [5.41, 5.74) is 18.6. The number of hydrogen-bond donors (Lipinski definition) is 0. The lowest BCUT2D eigenvalue weighted by atomic mass is 9.89. The average molecular weight is 885 g/mol. The molecule has 9 aromatic carbocycles. The molecule has 0 N–H and O–H groups in total. The van der Waals surface area contributed by atoms with Crippen molar-refractivity contribution in [2.45, 2.75) is 27.7 Å². The third-order valence-electron chi connectivity index (χ3n) is 12.8. The van der Waals surface area contributed by atoms with Gasteiger partial charge in [0.05, 0.1) is 40.0 Å². The molecule has 0 saturated carbocycles. The van der Waals surface area contributed by atoms with Gasteiger partial charge in [-0.05, 0) is 98.5 Å². The second-order valence-electron chi connectivity index (χ2n) is 17.8. The number of hydrogen-bond acceptors (Lipinski definition) is 5. The highest BCUT2D eigenvalue weighted by molar-refractivity contribution is 6.13. The summed E-state index contributed by atoms with van der Waals surface area (Å²) in [6.45, 7) is 8.57. The van der Waals surface area contributed by atoms with Gasteiger partial charge in [-0.15, -0.1) is 0 Å². The topological polar surface area (TPSA) is 91.2 Å². The maximum atomic E-state index is 10.8. The Labute approximate surface area is 401 Å². The molecule has 0 bridgehead atoms. The Morgan fingerprint density at radius 3 is 1.12 bits per heavy atom. The molecule has 6 nitrogen and oxygen atoms in total. The Morgan fingerprint density at radius 2 is 0.710 bits per heavy atom. The number of nitriles is 2. The molecule has 0 fully saturated rings. The third kappa shape index (κ3) is 7.91. The van der Waals surface area contributed by atoms with Crippen molar-refractivity contribution in [2.24, 2.45) is 0 Å². The molecule has 0 saturated heterocycles. The summed E-state index contributed by atoms with van der Waals surface area (Å²) in [4.78, 5) is 15.4.